The van der Waals surface area contributed by atoms with Crippen LogP contribution in [0.15, 0.2) is 36.4 Å². The molecular weight excluding hydrogens is 277 g/mol. The van der Waals surface area contributed by atoms with E-state index in [-0.39, 0.29) is 18.2 Å². The summed E-state index contributed by atoms with van der Waals surface area (Å²) in [5, 5.41) is 0. The number of benzene rings is 2. The maximum absolute atomic E-state index is 13.2. The Hall–Kier alpha value is -1.68. The molecule has 0 radical (unpaired) electrons. The molecule has 2 aromatic rings. The fourth-order valence-electron chi connectivity index (χ4n) is 1.64. The predicted molar refractivity (Wildman–Crippen MR) is 66.6 cm³/mol. The lowest BCUT2D eigenvalue weighted by Crippen LogP contribution is -1.98. The molecule has 0 saturated carbocycles. The zero-order chi connectivity index (χ0) is 13.8. The van der Waals surface area contributed by atoms with Crippen molar-refractivity contribution in [1.29, 1.82) is 0 Å². The van der Waals surface area contributed by atoms with Crippen molar-refractivity contribution in [3.8, 4) is 5.75 Å². The van der Waals surface area contributed by atoms with Gasteiger partial charge in [0.25, 0.3) is 0 Å². The highest BCUT2D eigenvalue weighted by atomic mass is 35.5. The van der Waals surface area contributed by atoms with Gasteiger partial charge in [0.1, 0.15) is 29.8 Å². The van der Waals surface area contributed by atoms with E-state index in [1.807, 2.05) is 0 Å². The van der Waals surface area contributed by atoms with Gasteiger partial charge in [0.05, 0.1) is 0 Å². The Bertz CT molecular complexity index is 567. The predicted octanol–water partition coefficient (Wildman–Crippen LogP) is 4.42. The molecule has 0 unspecified atom stereocenters. The van der Waals surface area contributed by atoms with Gasteiger partial charge in [-0.15, -0.1) is 11.6 Å². The Morgan fingerprint density at radius 2 is 1.37 bits per heavy atom. The zero-order valence-electron chi connectivity index (χ0n) is 9.80. The third-order valence-electron chi connectivity index (χ3n) is 2.41. The molecule has 5 heteroatoms. The minimum Gasteiger partial charge on any atom is -0.489 e. The standard InChI is InChI=1S/C14H10ClF3O/c15-7-9-1-13(18)6-14(4-9)19-8-10-2-11(16)5-12(17)3-10/h1-6H,7-8H2. The van der Waals surface area contributed by atoms with Crippen molar-refractivity contribution in [3.63, 3.8) is 0 Å². The summed E-state index contributed by atoms with van der Waals surface area (Å²) < 4.78 is 44.4. The van der Waals surface area contributed by atoms with Gasteiger partial charge in [-0.05, 0) is 35.4 Å². The average molecular weight is 287 g/mol. The molecule has 0 fully saturated rings. The topological polar surface area (TPSA) is 9.23 Å². The van der Waals surface area contributed by atoms with Crippen LogP contribution >= 0.6 is 11.6 Å². The van der Waals surface area contributed by atoms with Crippen LogP contribution in [0.1, 0.15) is 11.1 Å². The number of ether oxygens (including phenoxy) is 1. The van der Waals surface area contributed by atoms with E-state index in [4.69, 9.17) is 16.3 Å². The number of halogens is 4. The fraction of sp³-hybridized carbons (Fsp3) is 0.143. The first-order valence-corrected chi connectivity index (χ1v) is 6.03. The molecular formula is C14H10ClF3O. The van der Waals surface area contributed by atoms with E-state index >= 15 is 0 Å². The summed E-state index contributed by atoms with van der Waals surface area (Å²) in [7, 11) is 0. The summed E-state index contributed by atoms with van der Waals surface area (Å²) in [6.07, 6.45) is 0. The van der Waals surface area contributed by atoms with E-state index in [1.165, 1.54) is 12.1 Å². The first kappa shape index (κ1) is 13.7. The third kappa shape index (κ3) is 3.89. The van der Waals surface area contributed by atoms with Crippen LogP contribution in [0.4, 0.5) is 13.2 Å². The van der Waals surface area contributed by atoms with Crippen molar-refractivity contribution >= 4 is 11.6 Å². The van der Waals surface area contributed by atoms with Crippen LogP contribution < -0.4 is 4.74 Å². The Morgan fingerprint density at radius 3 is 2.00 bits per heavy atom. The average Bonchev–Trinajstić information content (AvgIpc) is 2.34. The van der Waals surface area contributed by atoms with Crippen molar-refractivity contribution in [2.75, 3.05) is 0 Å². The van der Waals surface area contributed by atoms with E-state index in [0.29, 0.717) is 11.1 Å². The number of hydrogen-bond acceptors (Lipinski definition) is 1. The lowest BCUT2D eigenvalue weighted by molar-refractivity contribution is 0.303. The summed E-state index contributed by atoms with van der Waals surface area (Å²) in [6.45, 7) is -0.0557. The molecule has 0 amide bonds. The molecule has 0 atom stereocenters. The monoisotopic (exact) mass is 286 g/mol. The van der Waals surface area contributed by atoms with Crippen LogP contribution in [0.25, 0.3) is 0 Å². The highest BCUT2D eigenvalue weighted by molar-refractivity contribution is 6.17. The van der Waals surface area contributed by atoms with E-state index in [0.717, 1.165) is 18.2 Å². The van der Waals surface area contributed by atoms with E-state index < -0.39 is 17.5 Å². The van der Waals surface area contributed by atoms with Crippen molar-refractivity contribution in [3.05, 3.63) is 65.0 Å². The van der Waals surface area contributed by atoms with Crippen LogP contribution in [0.5, 0.6) is 5.75 Å². The molecule has 0 spiro atoms. The minimum absolute atomic E-state index is 0.0557. The van der Waals surface area contributed by atoms with Gasteiger partial charge in [0.15, 0.2) is 0 Å². The quantitative estimate of drug-likeness (QED) is 0.756. The van der Waals surface area contributed by atoms with Gasteiger partial charge in [-0.1, -0.05) is 0 Å². The van der Waals surface area contributed by atoms with Crippen LogP contribution in [0, 0.1) is 17.5 Å². The Labute approximate surface area is 113 Å². The molecule has 0 bridgehead atoms. The summed E-state index contributed by atoms with van der Waals surface area (Å²) in [4.78, 5) is 0. The maximum atomic E-state index is 13.2. The lowest BCUT2D eigenvalue weighted by atomic mass is 10.2. The SMILES string of the molecule is Fc1cc(F)cc(COc2cc(F)cc(CCl)c2)c1. The third-order valence-corrected chi connectivity index (χ3v) is 2.72. The zero-order valence-corrected chi connectivity index (χ0v) is 10.6. The van der Waals surface area contributed by atoms with Gasteiger partial charge in [-0.25, -0.2) is 13.2 Å². The Balaban J connectivity index is 2.11. The van der Waals surface area contributed by atoms with Gasteiger partial charge >= 0.3 is 0 Å². The first-order chi connectivity index (χ1) is 9.06. The van der Waals surface area contributed by atoms with Gasteiger partial charge in [-0.3, -0.25) is 0 Å². The minimum atomic E-state index is -0.681. The molecule has 1 nitrogen and oxygen atoms in total. The molecule has 0 heterocycles. The molecule has 0 N–H and O–H groups in total. The summed E-state index contributed by atoms with van der Waals surface area (Å²) in [5.74, 6) is -1.42. The van der Waals surface area contributed by atoms with Gasteiger partial charge in [-0.2, -0.15) is 0 Å². The highest BCUT2D eigenvalue weighted by Gasteiger charge is 2.04. The van der Waals surface area contributed by atoms with Crippen molar-refractivity contribution in [2.24, 2.45) is 0 Å². The largest absolute Gasteiger partial charge is 0.489 e. The first-order valence-electron chi connectivity index (χ1n) is 5.50. The van der Waals surface area contributed by atoms with Crippen molar-refractivity contribution < 1.29 is 17.9 Å². The second-order valence-electron chi connectivity index (χ2n) is 4.00. The van der Waals surface area contributed by atoms with Gasteiger partial charge < -0.3 is 4.74 Å². The second kappa shape index (κ2) is 5.97. The summed E-state index contributed by atoms with van der Waals surface area (Å²) >= 11 is 5.61. The number of hydrogen-bond donors (Lipinski definition) is 0. The molecule has 2 aromatic carbocycles. The molecule has 0 aliphatic carbocycles. The van der Waals surface area contributed by atoms with Gasteiger partial charge in [0, 0.05) is 18.0 Å². The van der Waals surface area contributed by atoms with Crippen molar-refractivity contribution in [1.82, 2.24) is 0 Å². The fourth-order valence-corrected chi connectivity index (χ4v) is 1.80. The second-order valence-corrected chi connectivity index (χ2v) is 4.26. The molecule has 0 aliphatic heterocycles. The molecule has 0 saturated heterocycles. The summed E-state index contributed by atoms with van der Waals surface area (Å²) in [6, 6.07) is 7.14. The van der Waals surface area contributed by atoms with Crippen LogP contribution in [-0.4, -0.2) is 0 Å². The number of alkyl halides is 1. The highest BCUT2D eigenvalue weighted by Crippen LogP contribution is 2.19. The summed E-state index contributed by atoms with van der Waals surface area (Å²) in [5.41, 5.74) is 0.899. The van der Waals surface area contributed by atoms with Crippen LogP contribution in [0.3, 0.4) is 0 Å². The molecule has 100 valence electrons. The maximum Gasteiger partial charge on any atom is 0.127 e. The van der Waals surface area contributed by atoms with Gasteiger partial charge in [0.2, 0.25) is 0 Å². The normalized spacial score (nSPS) is 10.5. The molecule has 19 heavy (non-hydrogen) atoms. The smallest absolute Gasteiger partial charge is 0.127 e. The molecule has 2 rings (SSSR count). The van der Waals surface area contributed by atoms with Crippen LogP contribution in [0.2, 0.25) is 0 Å². The molecule has 0 aromatic heterocycles. The van der Waals surface area contributed by atoms with E-state index in [1.54, 1.807) is 6.07 Å². The Kier molecular flexibility index (Phi) is 4.32. The van der Waals surface area contributed by atoms with Crippen LogP contribution in [-0.2, 0) is 12.5 Å². The van der Waals surface area contributed by atoms with E-state index in [9.17, 15) is 13.2 Å². The number of rotatable bonds is 4. The van der Waals surface area contributed by atoms with Crippen molar-refractivity contribution in [2.45, 2.75) is 12.5 Å². The van der Waals surface area contributed by atoms with E-state index in [2.05, 4.69) is 0 Å². The lowest BCUT2D eigenvalue weighted by Gasteiger charge is -2.08. The Morgan fingerprint density at radius 1 is 0.789 bits per heavy atom. The molecule has 0 aliphatic rings.